The van der Waals surface area contributed by atoms with Gasteiger partial charge in [0, 0.05) is 38.3 Å². The molecular formula is C21H28FN3O3S. The van der Waals surface area contributed by atoms with E-state index >= 15 is 0 Å². The van der Waals surface area contributed by atoms with Crippen molar-refractivity contribution in [1.82, 2.24) is 8.87 Å². The van der Waals surface area contributed by atoms with Gasteiger partial charge in [0.2, 0.25) is 0 Å². The maximum atomic E-state index is 14.5. The van der Waals surface area contributed by atoms with Crippen LogP contribution >= 0.6 is 0 Å². The molecule has 6 nitrogen and oxygen atoms in total. The Hall–Kier alpha value is -2.19. The summed E-state index contributed by atoms with van der Waals surface area (Å²) < 4.78 is 45.5. The lowest BCUT2D eigenvalue weighted by Gasteiger charge is -2.23. The summed E-state index contributed by atoms with van der Waals surface area (Å²) in [5, 5.41) is 0. The Kier molecular flexibility index (Phi) is 5.87. The molecule has 0 atom stereocenters. The number of anilines is 1. The monoisotopic (exact) mass is 421 g/mol. The standard InChI is InChI=1S/C21H28FN3O3S/c1-13(2)20-17(11-15-7-6-14(3)10-18(15)22)19(12-24(4)21(20)26)23-29(27,28)25(5)16-8-9-16/h6-7,10,12-13,16,23H,8-9,11H2,1-5H3. The predicted molar refractivity (Wildman–Crippen MR) is 113 cm³/mol. The topological polar surface area (TPSA) is 71.4 Å². The van der Waals surface area contributed by atoms with Crippen LogP contribution in [0.3, 0.4) is 0 Å². The molecule has 1 heterocycles. The van der Waals surface area contributed by atoms with Crippen LogP contribution in [0, 0.1) is 12.7 Å². The van der Waals surface area contributed by atoms with Gasteiger partial charge in [-0.05, 0) is 48.4 Å². The lowest BCUT2D eigenvalue weighted by molar-refractivity contribution is 0.469. The van der Waals surface area contributed by atoms with Crippen LogP contribution in [0.4, 0.5) is 10.1 Å². The lowest BCUT2D eigenvalue weighted by Crippen LogP contribution is -2.35. The molecule has 0 aliphatic heterocycles. The Morgan fingerprint density at radius 1 is 1.31 bits per heavy atom. The minimum Gasteiger partial charge on any atom is -0.316 e. The second kappa shape index (κ2) is 7.91. The van der Waals surface area contributed by atoms with Crippen LogP contribution in [0.15, 0.2) is 29.2 Å². The minimum absolute atomic E-state index is 0.00240. The van der Waals surface area contributed by atoms with Crippen molar-refractivity contribution in [2.24, 2.45) is 7.05 Å². The van der Waals surface area contributed by atoms with Gasteiger partial charge in [0.15, 0.2) is 0 Å². The maximum Gasteiger partial charge on any atom is 0.301 e. The first-order valence-corrected chi connectivity index (χ1v) is 11.2. The number of hydrogen-bond acceptors (Lipinski definition) is 3. The van der Waals surface area contributed by atoms with Crippen molar-refractivity contribution in [1.29, 1.82) is 0 Å². The van der Waals surface area contributed by atoms with E-state index in [2.05, 4.69) is 4.72 Å². The van der Waals surface area contributed by atoms with Crippen molar-refractivity contribution in [3.05, 3.63) is 62.8 Å². The van der Waals surface area contributed by atoms with E-state index in [9.17, 15) is 17.6 Å². The highest BCUT2D eigenvalue weighted by atomic mass is 32.2. The molecular weight excluding hydrogens is 393 g/mol. The molecule has 1 fully saturated rings. The third-order valence-electron chi connectivity index (χ3n) is 5.36. The van der Waals surface area contributed by atoms with E-state index in [1.807, 2.05) is 13.8 Å². The van der Waals surface area contributed by atoms with E-state index < -0.39 is 10.2 Å². The van der Waals surface area contributed by atoms with E-state index in [1.165, 1.54) is 21.1 Å². The second-order valence-corrected chi connectivity index (χ2v) is 9.86. The number of benzene rings is 1. The van der Waals surface area contributed by atoms with Crippen LogP contribution in [0.1, 0.15) is 54.9 Å². The average molecular weight is 422 g/mol. The fourth-order valence-electron chi connectivity index (χ4n) is 3.50. The SMILES string of the molecule is Cc1ccc(Cc2c(NS(=O)(=O)N(C)C3CC3)cn(C)c(=O)c2C(C)C)c(F)c1. The first kappa shape index (κ1) is 21.5. The molecule has 0 unspecified atom stereocenters. The number of pyridine rings is 1. The van der Waals surface area contributed by atoms with E-state index in [0.29, 0.717) is 22.4 Å². The number of nitrogens with zero attached hydrogens (tertiary/aromatic N) is 2. The van der Waals surface area contributed by atoms with Crippen LogP contribution in [-0.2, 0) is 23.7 Å². The molecule has 1 aromatic carbocycles. The molecule has 3 rings (SSSR count). The number of nitrogens with one attached hydrogen (secondary N) is 1. The van der Waals surface area contributed by atoms with Gasteiger partial charge in [-0.2, -0.15) is 12.7 Å². The number of aromatic nitrogens is 1. The predicted octanol–water partition coefficient (Wildman–Crippen LogP) is 3.30. The molecule has 0 bridgehead atoms. The van der Waals surface area contributed by atoms with Crippen molar-refractivity contribution in [3.63, 3.8) is 0 Å². The zero-order valence-corrected chi connectivity index (χ0v) is 18.3. The van der Waals surface area contributed by atoms with Gasteiger partial charge in [0.1, 0.15) is 5.82 Å². The molecule has 1 N–H and O–H groups in total. The lowest BCUT2D eigenvalue weighted by atomic mass is 9.92. The Morgan fingerprint density at radius 2 is 1.97 bits per heavy atom. The molecule has 1 aliphatic rings. The van der Waals surface area contributed by atoms with Gasteiger partial charge >= 0.3 is 10.2 Å². The first-order chi connectivity index (χ1) is 13.5. The summed E-state index contributed by atoms with van der Waals surface area (Å²) in [6, 6.07) is 4.93. The van der Waals surface area contributed by atoms with Crippen LogP contribution in [0.25, 0.3) is 0 Å². The molecule has 1 aromatic heterocycles. The molecule has 1 aliphatic carbocycles. The number of halogens is 1. The molecule has 2 aromatic rings. The highest BCUT2D eigenvalue weighted by Gasteiger charge is 2.35. The molecule has 8 heteroatoms. The van der Waals surface area contributed by atoms with Crippen molar-refractivity contribution < 1.29 is 12.8 Å². The Bertz CT molecular complexity index is 1090. The van der Waals surface area contributed by atoms with Crippen molar-refractivity contribution in [2.45, 2.75) is 52.0 Å². The highest BCUT2D eigenvalue weighted by molar-refractivity contribution is 7.90. The smallest absolute Gasteiger partial charge is 0.301 e. The Morgan fingerprint density at radius 3 is 2.52 bits per heavy atom. The molecule has 0 spiro atoms. The van der Waals surface area contributed by atoms with Gasteiger partial charge < -0.3 is 4.57 Å². The first-order valence-electron chi connectivity index (χ1n) is 9.74. The van der Waals surface area contributed by atoms with Crippen molar-refractivity contribution in [3.8, 4) is 0 Å². The molecule has 1 saturated carbocycles. The summed E-state index contributed by atoms with van der Waals surface area (Å²) in [6.07, 6.45) is 3.28. The summed E-state index contributed by atoms with van der Waals surface area (Å²) >= 11 is 0. The Labute approximate surface area is 171 Å². The normalized spacial score (nSPS) is 14.6. The Balaban J connectivity index is 2.13. The largest absolute Gasteiger partial charge is 0.316 e. The minimum atomic E-state index is -3.78. The summed E-state index contributed by atoms with van der Waals surface area (Å²) in [5.41, 5.74) is 2.32. The zero-order valence-electron chi connectivity index (χ0n) is 17.5. The second-order valence-electron chi connectivity index (χ2n) is 8.13. The molecule has 29 heavy (non-hydrogen) atoms. The van der Waals surface area contributed by atoms with Gasteiger partial charge in [-0.3, -0.25) is 9.52 Å². The van der Waals surface area contributed by atoms with Crippen LogP contribution in [0.2, 0.25) is 0 Å². The molecule has 0 amide bonds. The number of rotatable bonds is 7. The van der Waals surface area contributed by atoms with Crippen LogP contribution in [-0.4, -0.2) is 30.4 Å². The number of aryl methyl sites for hydroxylation is 2. The quantitative estimate of drug-likeness (QED) is 0.746. The third-order valence-corrected chi connectivity index (χ3v) is 6.89. The fraction of sp³-hybridized carbons (Fsp3) is 0.476. The summed E-state index contributed by atoms with van der Waals surface area (Å²) in [5.74, 6) is -0.521. The molecule has 0 saturated heterocycles. The maximum absolute atomic E-state index is 14.5. The van der Waals surface area contributed by atoms with E-state index in [-0.39, 0.29) is 29.8 Å². The summed E-state index contributed by atoms with van der Waals surface area (Å²) in [6.45, 7) is 5.55. The highest BCUT2D eigenvalue weighted by Crippen LogP contribution is 2.31. The van der Waals surface area contributed by atoms with Gasteiger partial charge in [-0.15, -0.1) is 0 Å². The van der Waals surface area contributed by atoms with Gasteiger partial charge in [0.25, 0.3) is 5.56 Å². The zero-order chi connectivity index (χ0) is 21.5. The average Bonchev–Trinajstić information content (AvgIpc) is 3.45. The van der Waals surface area contributed by atoms with Gasteiger partial charge in [-0.1, -0.05) is 26.0 Å². The van der Waals surface area contributed by atoms with Gasteiger partial charge in [0.05, 0.1) is 5.69 Å². The van der Waals surface area contributed by atoms with Gasteiger partial charge in [-0.25, -0.2) is 4.39 Å². The van der Waals surface area contributed by atoms with E-state index in [1.54, 1.807) is 33.2 Å². The van der Waals surface area contributed by atoms with Crippen molar-refractivity contribution in [2.75, 3.05) is 11.8 Å². The summed E-state index contributed by atoms with van der Waals surface area (Å²) in [4.78, 5) is 12.8. The molecule has 0 radical (unpaired) electrons. The van der Waals surface area contributed by atoms with Crippen LogP contribution in [0.5, 0.6) is 0 Å². The fourth-order valence-corrected chi connectivity index (χ4v) is 4.70. The third kappa shape index (κ3) is 4.53. The number of hydrogen-bond donors (Lipinski definition) is 1. The summed E-state index contributed by atoms with van der Waals surface area (Å²) in [7, 11) is -0.643. The van der Waals surface area contributed by atoms with Crippen LogP contribution < -0.4 is 10.3 Å². The van der Waals surface area contributed by atoms with E-state index in [0.717, 1.165) is 18.4 Å². The van der Waals surface area contributed by atoms with E-state index in [4.69, 9.17) is 0 Å². The molecule has 158 valence electrons. The van der Waals surface area contributed by atoms with Crippen molar-refractivity contribution >= 4 is 15.9 Å².